The molecule has 4 nitrogen and oxygen atoms in total. The highest BCUT2D eigenvalue weighted by molar-refractivity contribution is 5.75. The van der Waals surface area contributed by atoms with Gasteiger partial charge in [0, 0.05) is 5.69 Å². The lowest BCUT2D eigenvalue weighted by Gasteiger charge is -1.88. The number of rotatable bonds is 0. The lowest BCUT2D eigenvalue weighted by Crippen LogP contribution is -1.92. The van der Waals surface area contributed by atoms with Crippen molar-refractivity contribution in [2.24, 2.45) is 0 Å². The normalized spacial score (nSPS) is 10.6. The molecule has 2 aromatic rings. The van der Waals surface area contributed by atoms with Gasteiger partial charge in [0.05, 0.1) is 17.2 Å². The van der Waals surface area contributed by atoms with E-state index in [-0.39, 0.29) is 0 Å². The minimum Gasteiger partial charge on any atom is -0.368 e. The van der Waals surface area contributed by atoms with Crippen LogP contribution in [0.2, 0.25) is 0 Å². The molecule has 0 fully saturated rings. The van der Waals surface area contributed by atoms with Crippen LogP contribution in [0.5, 0.6) is 0 Å². The summed E-state index contributed by atoms with van der Waals surface area (Å²) < 4.78 is 0. The molecule has 3 N–H and O–H groups in total. The second-order valence-electron chi connectivity index (χ2n) is 2.48. The summed E-state index contributed by atoms with van der Waals surface area (Å²) in [4.78, 5) is 11.0. The second kappa shape index (κ2) is 1.95. The summed E-state index contributed by atoms with van der Waals surface area (Å²) in [6.07, 6.45) is 1.69. The monoisotopic (exact) mass is 148 g/mol. The summed E-state index contributed by atoms with van der Waals surface area (Å²) in [6, 6.07) is 1.94. The average Bonchev–Trinajstić information content (AvgIpc) is 2.27. The van der Waals surface area contributed by atoms with Crippen LogP contribution < -0.4 is 5.73 Å². The number of aryl methyl sites for hydroxylation is 1. The molecule has 0 radical (unpaired) electrons. The number of hydrogen-bond donors (Lipinski definition) is 2. The van der Waals surface area contributed by atoms with Crippen molar-refractivity contribution in [3.63, 3.8) is 0 Å². The molecule has 0 atom stereocenters. The van der Waals surface area contributed by atoms with Crippen molar-refractivity contribution >= 4 is 17.0 Å². The number of fused-ring (bicyclic) bond motifs is 1. The van der Waals surface area contributed by atoms with Gasteiger partial charge in [0.25, 0.3) is 0 Å². The van der Waals surface area contributed by atoms with E-state index in [2.05, 4.69) is 15.0 Å². The van der Waals surface area contributed by atoms with Crippen molar-refractivity contribution < 1.29 is 0 Å². The van der Waals surface area contributed by atoms with Crippen molar-refractivity contribution in [1.82, 2.24) is 15.0 Å². The van der Waals surface area contributed by atoms with Gasteiger partial charge < -0.3 is 10.7 Å². The van der Waals surface area contributed by atoms with Crippen LogP contribution in [0.1, 0.15) is 5.69 Å². The maximum absolute atomic E-state index is 5.40. The zero-order valence-electron chi connectivity index (χ0n) is 6.13. The number of nitrogens with two attached hydrogens (primary N) is 1. The van der Waals surface area contributed by atoms with Gasteiger partial charge in [0.15, 0.2) is 0 Å². The van der Waals surface area contributed by atoms with E-state index in [0.717, 1.165) is 16.7 Å². The predicted octanol–water partition coefficient (Wildman–Crippen LogP) is 0.849. The minimum absolute atomic E-state index is 0.316. The fraction of sp³-hybridized carbons (Fsp3) is 0.143. The number of nitrogen functional groups attached to an aromatic ring is 1. The van der Waals surface area contributed by atoms with E-state index < -0.39 is 0 Å². The highest BCUT2D eigenvalue weighted by Crippen LogP contribution is 2.11. The van der Waals surface area contributed by atoms with Crippen LogP contribution >= 0.6 is 0 Å². The number of H-pyrrole nitrogens is 1. The van der Waals surface area contributed by atoms with Crippen LogP contribution in [-0.2, 0) is 0 Å². The summed E-state index contributed by atoms with van der Waals surface area (Å²) >= 11 is 0. The Morgan fingerprint density at radius 3 is 3.18 bits per heavy atom. The van der Waals surface area contributed by atoms with Gasteiger partial charge in [-0.05, 0) is 13.0 Å². The molecule has 11 heavy (non-hydrogen) atoms. The third-order valence-corrected chi connectivity index (χ3v) is 1.52. The van der Waals surface area contributed by atoms with Gasteiger partial charge in [-0.1, -0.05) is 0 Å². The van der Waals surface area contributed by atoms with Crippen LogP contribution in [0.25, 0.3) is 11.0 Å². The van der Waals surface area contributed by atoms with E-state index in [9.17, 15) is 0 Å². The summed E-state index contributed by atoms with van der Waals surface area (Å²) in [5.41, 5.74) is 8.26. The van der Waals surface area contributed by atoms with Crippen LogP contribution in [0.4, 0.5) is 5.95 Å². The van der Waals surface area contributed by atoms with Crippen LogP contribution in [-0.4, -0.2) is 15.0 Å². The Balaban J connectivity index is 2.82. The Bertz CT molecular complexity index is 390. The van der Waals surface area contributed by atoms with Crippen LogP contribution in [0.15, 0.2) is 12.3 Å². The SMILES string of the molecule is Cc1cc2nc(N)ncc2[nH]1. The quantitative estimate of drug-likeness (QED) is 0.582. The highest BCUT2D eigenvalue weighted by atomic mass is 15.0. The Morgan fingerprint density at radius 2 is 2.36 bits per heavy atom. The molecule has 0 bridgehead atoms. The fourth-order valence-electron chi connectivity index (χ4n) is 1.07. The van der Waals surface area contributed by atoms with Gasteiger partial charge in [-0.3, -0.25) is 0 Å². The molecule has 2 aromatic heterocycles. The van der Waals surface area contributed by atoms with E-state index in [0.29, 0.717) is 5.95 Å². The van der Waals surface area contributed by atoms with Gasteiger partial charge in [-0.15, -0.1) is 0 Å². The zero-order chi connectivity index (χ0) is 7.84. The third-order valence-electron chi connectivity index (χ3n) is 1.52. The minimum atomic E-state index is 0.316. The van der Waals surface area contributed by atoms with E-state index in [4.69, 9.17) is 5.73 Å². The Morgan fingerprint density at radius 1 is 1.55 bits per heavy atom. The van der Waals surface area contributed by atoms with Gasteiger partial charge in [0.1, 0.15) is 0 Å². The number of nitrogens with zero attached hydrogens (tertiary/aromatic N) is 2. The molecule has 0 saturated carbocycles. The first-order valence-corrected chi connectivity index (χ1v) is 3.33. The topological polar surface area (TPSA) is 67.6 Å². The number of aromatic amines is 1. The summed E-state index contributed by atoms with van der Waals surface area (Å²) in [5.74, 6) is 0.316. The number of aromatic nitrogens is 3. The largest absolute Gasteiger partial charge is 0.368 e. The van der Waals surface area contributed by atoms with E-state index in [1.54, 1.807) is 6.20 Å². The summed E-state index contributed by atoms with van der Waals surface area (Å²) in [6.45, 7) is 1.97. The summed E-state index contributed by atoms with van der Waals surface area (Å²) in [5, 5.41) is 0. The first-order valence-electron chi connectivity index (χ1n) is 3.33. The molecule has 0 aromatic carbocycles. The van der Waals surface area contributed by atoms with Crippen LogP contribution in [0, 0.1) is 6.92 Å². The number of hydrogen-bond acceptors (Lipinski definition) is 3. The maximum Gasteiger partial charge on any atom is 0.220 e. The molecule has 0 amide bonds. The van der Waals surface area contributed by atoms with E-state index >= 15 is 0 Å². The van der Waals surface area contributed by atoms with E-state index in [1.807, 2.05) is 13.0 Å². The standard InChI is InChI=1S/C7H8N4/c1-4-2-5-6(10-4)3-9-7(8)11-5/h2-3,10H,1H3,(H2,8,9,11). The van der Waals surface area contributed by atoms with Gasteiger partial charge in [-0.2, -0.15) is 0 Å². The Hall–Kier alpha value is -1.58. The van der Waals surface area contributed by atoms with Gasteiger partial charge >= 0.3 is 0 Å². The first kappa shape index (κ1) is 6.15. The van der Waals surface area contributed by atoms with Gasteiger partial charge in [0.2, 0.25) is 5.95 Å². The van der Waals surface area contributed by atoms with Gasteiger partial charge in [-0.25, -0.2) is 9.97 Å². The lowest BCUT2D eigenvalue weighted by molar-refractivity contribution is 1.23. The molecular formula is C7H8N4. The molecule has 0 aliphatic carbocycles. The average molecular weight is 148 g/mol. The third kappa shape index (κ3) is 0.920. The highest BCUT2D eigenvalue weighted by Gasteiger charge is 1.98. The van der Waals surface area contributed by atoms with Crippen molar-refractivity contribution in [3.8, 4) is 0 Å². The molecular weight excluding hydrogens is 140 g/mol. The number of nitrogens with one attached hydrogen (secondary N) is 1. The molecule has 0 aliphatic heterocycles. The molecule has 2 rings (SSSR count). The van der Waals surface area contributed by atoms with Crippen molar-refractivity contribution in [1.29, 1.82) is 0 Å². The van der Waals surface area contributed by atoms with Crippen LogP contribution in [0.3, 0.4) is 0 Å². The zero-order valence-corrected chi connectivity index (χ0v) is 6.13. The first-order chi connectivity index (χ1) is 5.25. The molecule has 4 heteroatoms. The second-order valence-corrected chi connectivity index (χ2v) is 2.48. The predicted molar refractivity (Wildman–Crippen MR) is 43.0 cm³/mol. The number of anilines is 1. The molecule has 56 valence electrons. The van der Waals surface area contributed by atoms with Crippen molar-refractivity contribution in [3.05, 3.63) is 18.0 Å². The molecule has 0 unspecified atom stereocenters. The molecule has 0 aliphatic rings. The van der Waals surface area contributed by atoms with Crippen molar-refractivity contribution in [2.45, 2.75) is 6.92 Å². The van der Waals surface area contributed by atoms with Crippen molar-refractivity contribution in [2.75, 3.05) is 5.73 Å². The molecule has 0 saturated heterocycles. The molecule has 0 spiro atoms. The smallest absolute Gasteiger partial charge is 0.220 e. The molecule has 2 heterocycles. The fourth-order valence-corrected chi connectivity index (χ4v) is 1.07. The lowest BCUT2D eigenvalue weighted by atomic mass is 10.4. The Kier molecular flexibility index (Phi) is 1.09. The maximum atomic E-state index is 5.40. The Labute approximate surface area is 63.5 Å². The van der Waals surface area contributed by atoms with E-state index in [1.165, 1.54) is 0 Å². The summed E-state index contributed by atoms with van der Waals surface area (Å²) in [7, 11) is 0.